The Morgan fingerprint density at radius 1 is 0.720 bits per heavy atom. The van der Waals surface area contributed by atoms with Crippen LogP contribution in [0.2, 0.25) is 5.04 Å². The third kappa shape index (κ3) is 5.48. The van der Waals surface area contributed by atoms with Crippen molar-refractivity contribution < 1.29 is 13.6 Å². The monoisotopic (exact) mass is 674 g/mol. The first-order chi connectivity index (χ1) is 24.3. The van der Waals surface area contributed by atoms with E-state index in [1.807, 2.05) is 53.4 Å². The number of aromatic nitrogens is 1. The van der Waals surface area contributed by atoms with Crippen molar-refractivity contribution in [3.05, 3.63) is 157 Å². The molecule has 2 unspecified atom stereocenters. The number of rotatable bonds is 8. The molecule has 50 heavy (non-hydrogen) atoms. The van der Waals surface area contributed by atoms with E-state index in [-0.39, 0.29) is 23.0 Å². The minimum atomic E-state index is -2.85. The van der Waals surface area contributed by atoms with Gasteiger partial charge in [-0.3, -0.25) is 4.79 Å². The molecule has 2 atom stereocenters. The lowest BCUT2D eigenvalue weighted by molar-refractivity contribution is -0.152. The van der Waals surface area contributed by atoms with E-state index in [4.69, 9.17) is 13.8 Å². The third-order valence-electron chi connectivity index (χ3n) is 10.5. The van der Waals surface area contributed by atoms with Crippen molar-refractivity contribution in [1.29, 1.82) is 0 Å². The number of hydrogen-bond donors (Lipinski definition) is 0. The van der Waals surface area contributed by atoms with E-state index in [9.17, 15) is 4.79 Å². The molecule has 1 aliphatic carbocycles. The first-order valence-electron chi connectivity index (χ1n) is 17.7. The van der Waals surface area contributed by atoms with Crippen LogP contribution in [0.15, 0.2) is 144 Å². The van der Waals surface area contributed by atoms with Crippen LogP contribution >= 0.6 is 0 Å². The number of nitrogens with zero attached hydrogens (tertiary/aromatic N) is 2. The minimum absolute atomic E-state index is 0.0834. The number of hydrogen-bond acceptors (Lipinski definition) is 4. The summed E-state index contributed by atoms with van der Waals surface area (Å²) in [6.07, 6.45) is 3.14. The van der Waals surface area contributed by atoms with Crippen LogP contribution in [0.3, 0.4) is 0 Å². The molecular weight excluding hydrogens is 633 g/mol. The molecule has 1 saturated heterocycles. The Labute approximate surface area is 295 Å². The van der Waals surface area contributed by atoms with Gasteiger partial charge < -0.3 is 13.7 Å². The van der Waals surface area contributed by atoms with Gasteiger partial charge in [0, 0.05) is 11.1 Å². The number of carbonyl (C=O) groups excluding carboxylic acids is 1. The van der Waals surface area contributed by atoms with Crippen LogP contribution in [0.25, 0.3) is 22.6 Å². The van der Waals surface area contributed by atoms with Gasteiger partial charge in [-0.1, -0.05) is 154 Å². The van der Waals surface area contributed by atoms with Crippen LogP contribution < -0.4 is 14.8 Å². The van der Waals surface area contributed by atoms with Gasteiger partial charge in [0.25, 0.3) is 0 Å². The van der Waals surface area contributed by atoms with Crippen LogP contribution in [-0.2, 0) is 11.2 Å². The molecule has 6 aromatic rings. The molecule has 0 radical (unpaired) electrons. The molecule has 2 aliphatic rings. The number of fused-ring (bicyclic) bond motifs is 1. The Bertz CT molecular complexity index is 2010. The molecular formula is C44H42N2O3Si. The van der Waals surface area contributed by atoms with E-state index < -0.39 is 8.32 Å². The van der Waals surface area contributed by atoms with Crippen molar-refractivity contribution in [2.45, 2.75) is 63.6 Å². The summed E-state index contributed by atoms with van der Waals surface area (Å²) in [4.78, 5) is 20.7. The number of benzene rings is 5. The van der Waals surface area contributed by atoms with E-state index in [1.54, 1.807) is 0 Å². The van der Waals surface area contributed by atoms with E-state index in [1.165, 1.54) is 21.5 Å². The Morgan fingerprint density at radius 2 is 1.30 bits per heavy atom. The Morgan fingerprint density at radius 3 is 1.88 bits per heavy atom. The van der Waals surface area contributed by atoms with Crippen LogP contribution in [0.5, 0.6) is 5.75 Å². The molecule has 1 amide bonds. The smallest absolute Gasteiger partial charge is 0.319 e. The first kappa shape index (κ1) is 32.0. The summed E-state index contributed by atoms with van der Waals surface area (Å²) < 4.78 is 14.2. The van der Waals surface area contributed by atoms with E-state index in [0.717, 1.165) is 47.6 Å². The van der Waals surface area contributed by atoms with E-state index >= 15 is 0 Å². The average Bonchev–Trinajstić information content (AvgIpc) is 3.59. The van der Waals surface area contributed by atoms with Gasteiger partial charge in [-0.2, -0.15) is 0 Å². The highest BCUT2D eigenvalue weighted by Crippen LogP contribution is 2.49. The molecule has 0 N–H and O–H groups in total. The molecule has 1 aromatic heterocycles. The zero-order chi connectivity index (χ0) is 34.3. The molecule has 0 bridgehead atoms. The van der Waals surface area contributed by atoms with Gasteiger partial charge in [0.1, 0.15) is 17.5 Å². The summed E-state index contributed by atoms with van der Waals surface area (Å²) in [5.41, 5.74) is 5.14. The molecule has 1 fully saturated rings. The highest BCUT2D eigenvalue weighted by molar-refractivity contribution is 7.00. The van der Waals surface area contributed by atoms with Gasteiger partial charge >= 0.3 is 8.32 Å². The topological polar surface area (TPSA) is 55.6 Å². The molecule has 0 spiro atoms. The Hall–Kier alpha value is -5.20. The summed E-state index contributed by atoms with van der Waals surface area (Å²) in [7, 11) is -2.85. The highest BCUT2D eigenvalue weighted by atomic mass is 28.4. The standard InChI is InChI=1S/C44H42N2O3Si/c1-44(2,3)50(33-22-12-6-13-23-33,34-24-14-7-15-25-34)49-39-29-17-26-35-36(39)27-16-28-37(35)46-38(30-40(46)47)43-45-41(31-18-8-4-9-19-31)42(48-43)32-20-10-5-11-21-32/h4-15,17-26,29,37-38H,16,27-28,30H2,1-3H3. The normalized spacial score (nSPS) is 17.6. The van der Waals surface area contributed by atoms with Gasteiger partial charge in [-0.15, -0.1) is 0 Å². The van der Waals surface area contributed by atoms with Gasteiger partial charge in [-0.25, -0.2) is 4.98 Å². The maximum absolute atomic E-state index is 13.6. The quantitative estimate of drug-likeness (QED) is 0.119. The number of carbonyl (C=O) groups is 1. The largest absolute Gasteiger partial charge is 0.534 e. The molecule has 6 heteroatoms. The third-order valence-corrected chi connectivity index (χ3v) is 15.4. The lowest BCUT2D eigenvalue weighted by Crippen LogP contribution is -2.69. The summed E-state index contributed by atoms with van der Waals surface area (Å²) in [5.74, 6) is 2.39. The molecule has 5 nitrogen and oxygen atoms in total. The fourth-order valence-electron chi connectivity index (χ4n) is 8.07. The zero-order valence-electron chi connectivity index (χ0n) is 28.9. The summed E-state index contributed by atoms with van der Waals surface area (Å²) in [6, 6.07) is 48.0. The van der Waals surface area contributed by atoms with Gasteiger partial charge in [0.2, 0.25) is 11.8 Å². The number of oxazole rings is 1. The van der Waals surface area contributed by atoms with Gasteiger partial charge in [0.15, 0.2) is 5.76 Å². The predicted octanol–water partition coefficient (Wildman–Crippen LogP) is 9.30. The Kier molecular flexibility index (Phi) is 8.28. The number of likely N-dealkylation sites (tertiary alicyclic amines) is 1. The fraction of sp³-hybridized carbons (Fsp3) is 0.227. The summed E-state index contributed by atoms with van der Waals surface area (Å²) in [6.45, 7) is 6.93. The molecule has 250 valence electrons. The van der Waals surface area contributed by atoms with Crippen LogP contribution in [-0.4, -0.2) is 24.1 Å². The van der Waals surface area contributed by atoms with Crippen LogP contribution in [0.4, 0.5) is 0 Å². The fourth-order valence-corrected chi connectivity index (χ4v) is 12.5. The molecule has 5 aromatic carbocycles. The average molecular weight is 675 g/mol. The molecule has 2 heterocycles. The van der Waals surface area contributed by atoms with Gasteiger partial charge in [-0.05, 0) is 51.9 Å². The van der Waals surface area contributed by atoms with Crippen molar-refractivity contribution >= 4 is 24.6 Å². The zero-order valence-corrected chi connectivity index (χ0v) is 29.9. The van der Waals surface area contributed by atoms with Crippen molar-refractivity contribution in [1.82, 2.24) is 9.88 Å². The predicted molar refractivity (Wildman–Crippen MR) is 202 cm³/mol. The van der Waals surface area contributed by atoms with Crippen molar-refractivity contribution in [2.24, 2.45) is 0 Å². The van der Waals surface area contributed by atoms with E-state index in [0.29, 0.717) is 12.3 Å². The number of β-lactam (4-membered cyclic amide) rings is 1. The van der Waals surface area contributed by atoms with Crippen molar-refractivity contribution in [3.63, 3.8) is 0 Å². The Balaban J connectivity index is 1.19. The second-order valence-corrected chi connectivity index (χ2v) is 18.7. The first-order valence-corrected chi connectivity index (χ1v) is 19.6. The lowest BCUT2D eigenvalue weighted by atomic mass is 9.83. The molecule has 1 aliphatic heterocycles. The van der Waals surface area contributed by atoms with Gasteiger partial charge in [0.05, 0.1) is 12.5 Å². The van der Waals surface area contributed by atoms with E-state index in [2.05, 4.69) is 112 Å². The van der Waals surface area contributed by atoms with Crippen molar-refractivity contribution in [3.8, 4) is 28.3 Å². The number of amides is 1. The second-order valence-electron chi connectivity index (χ2n) is 14.5. The minimum Gasteiger partial charge on any atom is -0.534 e. The summed E-state index contributed by atoms with van der Waals surface area (Å²) >= 11 is 0. The highest BCUT2D eigenvalue weighted by Gasteiger charge is 2.53. The molecule has 8 rings (SSSR count). The maximum atomic E-state index is 13.6. The van der Waals surface area contributed by atoms with Crippen LogP contribution in [0, 0.1) is 0 Å². The lowest BCUT2D eigenvalue weighted by Gasteiger charge is -2.47. The maximum Gasteiger partial charge on any atom is 0.319 e. The molecule has 0 saturated carbocycles. The van der Waals surface area contributed by atoms with Crippen molar-refractivity contribution in [2.75, 3.05) is 0 Å². The summed E-state index contributed by atoms with van der Waals surface area (Å²) in [5, 5.41) is 2.33. The SMILES string of the molecule is CC(C)(C)[Si](Oc1cccc2c1CCCC2N1C(=O)CC1c1nc(-c2ccccc2)c(-c2ccccc2)o1)(c1ccccc1)c1ccccc1. The second kappa shape index (κ2) is 12.9. The van der Waals surface area contributed by atoms with Crippen LogP contribution in [0.1, 0.15) is 69.1 Å².